The molecule has 0 aliphatic heterocycles. The van der Waals surface area contributed by atoms with Crippen molar-refractivity contribution in [2.75, 3.05) is 0 Å². The Hall–Kier alpha value is 0.1000. The van der Waals surface area contributed by atoms with Crippen LogP contribution in [0, 0.1) is 5.41 Å². The van der Waals surface area contributed by atoms with E-state index in [1.54, 1.807) is 0 Å². The van der Waals surface area contributed by atoms with E-state index in [-0.39, 0.29) is 4.74 Å². The van der Waals surface area contributed by atoms with Crippen LogP contribution in [0.4, 0.5) is 0 Å². The summed E-state index contributed by atoms with van der Waals surface area (Å²) in [6, 6.07) is 0.556. The second-order valence-electron chi connectivity index (χ2n) is 2.47. The molecule has 0 aromatic carbocycles. The normalized spacial score (nSPS) is 19.3. The van der Waals surface area contributed by atoms with Gasteiger partial charge >= 0.3 is 0 Å². The number of aliphatic imine (C=N–C) groups is 1. The summed E-state index contributed by atoms with van der Waals surface area (Å²) in [5, 5.41) is 10.1. The van der Waals surface area contributed by atoms with Crippen molar-refractivity contribution in [1.82, 2.24) is 5.32 Å². The number of halogens is 2. The predicted octanol–water partition coefficient (Wildman–Crippen LogP) is 2.21. The molecule has 0 bridgehead atoms. The molecule has 5 heteroatoms. The molecule has 0 unspecified atom stereocenters. The van der Waals surface area contributed by atoms with Gasteiger partial charge in [-0.2, -0.15) is 4.99 Å². The summed E-state index contributed by atoms with van der Waals surface area (Å²) < 4.78 is 0.778. The van der Waals surface area contributed by atoms with Gasteiger partial charge in [-0.15, -0.1) is 0 Å². The van der Waals surface area contributed by atoms with Gasteiger partial charge in [0, 0.05) is 6.04 Å². The summed E-state index contributed by atoms with van der Waals surface area (Å²) in [4.78, 5) is 3.82. The van der Waals surface area contributed by atoms with Crippen molar-refractivity contribution in [1.29, 1.82) is 5.41 Å². The van der Waals surface area contributed by atoms with Crippen LogP contribution in [0.2, 0.25) is 0 Å². The third-order valence-corrected chi connectivity index (χ3v) is 2.21. The van der Waals surface area contributed by atoms with Crippen LogP contribution < -0.4 is 5.32 Å². The summed E-state index contributed by atoms with van der Waals surface area (Å²) in [5.41, 5.74) is 0. The Morgan fingerprint density at radius 3 is 2.45 bits per heavy atom. The fourth-order valence-corrected chi connectivity index (χ4v) is 1.76. The Morgan fingerprint density at radius 2 is 2.09 bits per heavy atom. The van der Waals surface area contributed by atoms with E-state index < -0.39 is 0 Å². The molecule has 1 rings (SSSR count). The van der Waals surface area contributed by atoms with E-state index in [0.717, 1.165) is 0 Å². The van der Waals surface area contributed by atoms with E-state index in [9.17, 15) is 0 Å². The average molecular weight is 283 g/mol. The highest BCUT2D eigenvalue weighted by Crippen LogP contribution is 2.18. The fraction of sp³-hybridized carbons (Fsp3) is 0.667. The van der Waals surface area contributed by atoms with Gasteiger partial charge in [0.15, 0.2) is 9.49 Å². The Kier molecular flexibility index (Phi) is 3.51. The van der Waals surface area contributed by atoms with Crippen molar-refractivity contribution in [3.8, 4) is 0 Å². The van der Waals surface area contributed by atoms with Crippen LogP contribution in [-0.2, 0) is 0 Å². The van der Waals surface area contributed by atoms with Crippen LogP contribution in [0.3, 0.4) is 0 Å². The van der Waals surface area contributed by atoms with Crippen LogP contribution in [0.5, 0.6) is 0 Å². The standard InChI is InChI=1S/C6H9Br2N3/c7-5(9)11-6(8)10-4-2-1-3-4/h4H,1-3H2,(H2,9,10,11). The quantitative estimate of drug-likeness (QED) is 0.432. The Bertz CT molecular complexity index is 186. The minimum atomic E-state index is 0.135. The monoisotopic (exact) mass is 281 g/mol. The van der Waals surface area contributed by atoms with Gasteiger partial charge < -0.3 is 5.32 Å². The summed E-state index contributed by atoms with van der Waals surface area (Å²) >= 11 is 6.15. The van der Waals surface area contributed by atoms with Crippen molar-refractivity contribution in [2.45, 2.75) is 25.3 Å². The molecule has 0 atom stereocenters. The molecular formula is C6H9Br2N3. The second-order valence-corrected chi connectivity index (χ2v) is 3.97. The highest BCUT2D eigenvalue weighted by molar-refractivity contribution is 9.19. The molecule has 0 spiro atoms. The third-order valence-electron chi connectivity index (χ3n) is 1.62. The summed E-state index contributed by atoms with van der Waals surface area (Å²) in [6.45, 7) is 0. The Morgan fingerprint density at radius 1 is 1.45 bits per heavy atom. The topological polar surface area (TPSA) is 48.2 Å². The lowest BCUT2D eigenvalue weighted by molar-refractivity contribution is 0.386. The molecular weight excluding hydrogens is 274 g/mol. The first-order valence-electron chi connectivity index (χ1n) is 3.43. The van der Waals surface area contributed by atoms with E-state index in [1.807, 2.05) is 0 Å². The number of rotatable bonds is 1. The average Bonchev–Trinajstić information content (AvgIpc) is 1.77. The molecule has 2 N–H and O–H groups in total. The zero-order valence-corrected chi connectivity index (χ0v) is 9.07. The first-order chi connectivity index (χ1) is 5.18. The first-order valence-corrected chi connectivity index (χ1v) is 5.02. The lowest BCUT2D eigenvalue weighted by atomic mass is 9.94. The van der Waals surface area contributed by atoms with Gasteiger partial charge in [-0.1, -0.05) is 0 Å². The fourth-order valence-electron chi connectivity index (χ4n) is 0.839. The van der Waals surface area contributed by atoms with E-state index >= 15 is 0 Å². The van der Waals surface area contributed by atoms with Crippen LogP contribution in [0.1, 0.15) is 19.3 Å². The molecule has 0 saturated heterocycles. The molecule has 1 saturated carbocycles. The van der Waals surface area contributed by atoms with Gasteiger partial charge in [0.2, 0.25) is 0 Å². The maximum absolute atomic E-state index is 7.00. The van der Waals surface area contributed by atoms with Gasteiger partial charge in [-0.05, 0) is 51.1 Å². The van der Waals surface area contributed by atoms with Crippen molar-refractivity contribution < 1.29 is 0 Å². The zero-order chi connectivity index (χ0) is 8.27. The SMILES string of the molecule is N=C(Br)/N=C(/Br)NC1CCC1. The molecule has 0 aromatic heterocycles. The van der Waals surface area contributed by atoms with E-state index in [1.165, 1.54) is 19.3 Å². The van der Waals surface area contributed by atoms with Gasteiger partial charge in [0.25, 0.3) is 0 Å². The number of hydrogen-bond donors (Lipinski definition) is 2. The molecule has 1 aliphatic carbocycles. The molecule has 3 nitrogen and oxygen atoms in total. The smallest absolute Gasteiger partial charge is 0.191 e. The molecule has 0 radical (unpaired) electrons. The zero-order valence-electron chi connectivity index (χ0n) is 5.90. The second kappa shape index (κ2) is 4.21. The molecule has 0 heterocycles. The molecule has 0 amide bonds. The number of nitrogens with zero attached hydrogens (tertiary/aromatic N) is 1. The first kappa shape index (κ1) is 9.19. The molecule has 0 aromatic rings. The summed E-state index contributed by atoms with van der Waals surface area (Å²) in [6.07, 6.45) is 3.71. The largest absolute Gasteiger partial charge is 0.361 e. The van der Waals surface area contributed by atoms with Gasteiger partial charge in [-0.3, -0.25) is 5.41 Å². The number of amidine groups is 2. The molecule has 1 aliphatic rings. The lowest BCUT2D eigenvalue weighted by Gasteiger charge is -2.26. The van der Waals surface area contributed by atoms with Crippen LogP contribution >= 0.6 is 31.9 Å². The van der Waals surface area contributed by atoms with E-state index in [4.69, 9.17) is 5.41 Å². The van der Waals surface area contributed by atoms with Gasteiger partial charge in [-0.25, -0.2) is 0 Å². The maximum Gasteiger partial charge on any atom is 0.191 e. The minimum Gasteiger partial charge on any atom is -0.361 e. The Balaban J connectivity index is 2.29. The van der Waals surface area contributed by atoms with Crippen molar-refractivity contribution >= 4 is 41.3 Å². The van der Waals surface area contributed by atoms with Gasteiger partial charge in [0.05, 0.1) is 0 Å². The molecule has 62 valence electrons. The highest BCUT2D eigenvalue weighted by Gasteiger charge is 2.17. The van der Waals surface area contributed by atoms with Crippen LogP contribution in [0.25, 0.3) is 0 Å². The predicted molar refractivity (Wildman–Crippen MR) is 53.8 cm³/mol. The van der Waals surface area contributed by atoms with Crippen molar-refractivity contribution in [2.24, 2.45) is 4.99 Å². The summed E-state index contributed by atoms with van der Waals surface area (Å²) in [7, 11) is 0. The number of hydrogen-bond acceptors (Lipinski definition) is 1. The third kappa shape index (κ3) is 3.33. The van der Waals surface area contributed by atoms with E-state index in [2.05, 4.69) is 42.2 Å². The molecule has 11 heavy (non-hydrogen) atoms. The Labute approximate surface area is 82.4 Å². The van der Waals surface area contributed by atoms with Gasteiger partial charge in [0.1, 0.15) is 0 Å². The lowest BCUT2D eigenvalue weighted by Crippen LogP contribution is -2.37. The van der Waals surface area contributed by atoms with Crippen molar-refractivity contribution in [3.63, 3.8) is 0 Å². The highest BCUT2D eigenvalue weighted by atomic mass is 79.9. The number of nitrogens with one attached hydrogen (secondary N) is 2. The van der Waals surface area contributed by atoms with E-state index in [0.29, 0.717) is 10.8 Å². The minimum absolute atomic E-state index is 0.135. The maximum atomic E-state index is 7.00. The van der Waals surface area contributed by atoms with Crippen LogP contribution in [-0.4, -0.2) is 15.5 Å². The summed E-state index contributed by atoms with van der Waals surface area (Å²) in [5.74, 6) is 0. The van der Waals surface area contributed by atoms with Crippen molar-refractivity contribution in [3.05, 3.63) is 0 Å². The molecule has 1 fully saturated rings. The van der Waals surface area contributed by atoms with Crippen LogP contribution in [0.15, 0.2) is 4.99 Å².